The van der Waals surface area contributed by atoms with E-state index in [9.17, 15) is 9.59 Å². The fourth-order valence-electron chi connectivity index (χ4n) is 2.80. The Hall–Kier alpha value is -2.04. The van der Waals surface area contributed by atoms with E-state index >= 15 is 0 Å². The van der Waals surface area contributed by atoms with Crippen LogP contribution < -0.4 is 10.2 Å². The molecule has 0 unspecified atom stereocenters. The zero-order valence-corrected chi connectivity index (χ0v) is 13.7. The highest BCUT2D eigenvalue weighted by molar-refractivity contribution is 5.80. The number of carbonyl (C=O) groups excluding carboxylic acids is 2. The molecule has 1 aliphatic rings. The minimum Gasteiger partial charge on any atom is -0.377 e. The fourth-order valence-corrected chi connectivity index (χ4v) is 2.80. The number of hydrogen-bond acceptors (Lipinski definition) is 3. The summed E-state index contributed by atoms with van der Waals surface area (Å²) in [4.78, 5) is 27.2. The van der Waals surface area contributed by atoms with E-state index in [1.165, 1.54) is 11.3 Å². The molecule has 5 heteroatoms. The highest BCUT2D eigenvalue weighted by atomic mass is 16.2. The SMILES string of the molecule is Cc1cc(CNC(=O)CCN2CCCC2=O)ccc1N(C)C. The summed E-state index contributed by atoms with van der Waals surface area (Å²) in [5, 5.41) is 2.92. The number of likely N-dealkylation sites (tertiary alicyclic amines) is 1. The van der Waals surface area contributed by atoms with Crippen LogP contribution in [0.15, 0.2) is 18.2 Å². The first kappa shape index (κ1) is 16.3. The highest BCUT2D eigenvalue weighted by Gasteiger charge is 2.20. The molecular formula is C17H25N3O2. The van der Waals surface area contributed by atoms with Crippen LogP contribution in [0.3, 0.4) is 0 Å². The molecule has 22 heavy (non-hydrogen) atoms. The number of amides is 2. The summed E-state index contributed by atoms with van der Waals surface area (Å²) in [5.74, 6) is 0.164. The molecule has 0 saturated carbocycles. The number of nitrogens with zero attached hydrogens (tertiary/aromatic N) is 2. The highest BCUT2D eigenvalue weighted by Crippen LogP contribution is 2.18. The van der Waals surface area contributed by atoms with E-state index in [0.29, 0.717) is 25.9 Å². The Kier molecular flexibility index (Phi) is 5.41. The van der Waals surface area contributed by atoms with Gasteiger partial charge >= 0.3 is 0 Å². The Bertz CT molecular complexity index is 555. The van der Waals surface area contributed by atoms with Crippen LogP contribution in [0.5, 0.6) is 0 Å². The second-order valence-corrected chi connectivity index (χ2v) is 6.03. The third-order valence-electron chi connectivity index (χ3n) is 4.01. The van der Waals surface area contributed by atoms with Gasteiger partial charge in [-0.25, -0.2) is 0 Å². The monoisotopic (exact) mass is 303 g/mol. The average molecular weight is 303 g/mol. The van der Waals surface area contributed by atoms with Crippen molar-refractivity contribution < 1.29 is 9.59 Å². The molecule has 2 amide bonds. The van der Waals surface area contributed by atoms with Gasteiger partial charge in [-0.1, -0.05) is 12.1 Å². The molecule has 0 aliphatic carbocycles. The topological polar surface area (TPSA) is 52.7 Å². The lowest BCUT2D eigenvalue weighted by Crippen LogP contribution is -2.31. The Balaban J connectivity index is 1.78. The maximum atomic E-state index is 11.9. The smallest absolute Gasteiger partial charge is 0.222 e. The number of aryl methyl sites for hydroxylation is 1. The predicted octanol–water partition coefficient (Wildman–Crippen LogP) is 1.69. The van der Waals surface area contributed by atoms with E-state index in [1.807, 2.05) is 20.2 Å². The first-order valence-corrected chi connectivity index (χ1v) is 7.78. The molecule has 1 N–H and O–H groups in total. The molecule has 0 spiro atoms. The van der Waals surface area contributed by atoms with Gasteiger partial charge in [0.2, 0.25) is 11.8 Å². The Morgan fingerprint density at radius 3 is 2.73 bits per heavy atom. The maximum Gasteiger partial charge on any atom is 0.222 e. The van der Waals surface area contributed by atoms with Crippen LogP contribution in [0.2, 0.25) is 0 Å². The van der Waals surface area contributed by atoms with Crippen molar-refractivity contribution in [3.63, 3.8) is 0 Å². The van der Waals surface area contributed by atoms with Gasteiger partial charge in [0.05, 0.1) is 0 Å². The quantitative estimate of drug-likeness (QED) is 0.870. The number of carbonyl (C=O) groups is 2. The minimum atomic E-state index is -0.00552. The third-order valence-corrected chi connectivity index (χ3v) is 4.01. The molecule has 0 aromatic heterocycles. The normalized spacial score (nSPS) is 14.3. The van der Waals surface area contributed by atoms with E-state index in [2.05, 4.69) is 29.3 Å². The van der Waals surface area contributed by atoms with Crippen molar-refractivity contribution in [1.29, 1.82) is 0 Å². The van der Waals surface area contributed by atoms with Crippen molar-refractivity contribution in [3.05, 3.63) is 29.3 Å². The van der Waals surface area contributed by atoms with Crippen molar-refractivity contribution in [3.8, 4) is 0 Å². The zero-order valence-electron chi connectivity index (χ0n) is 13.7. The fraction of sp³-hybridized carbons (Fsp3) is 0.529. The third kappa shape index (κ3) is 4.23. The second-order valence-electron chi connectivity index (χ2n) is 6.03. The molecule has 120 valence electrons. The summed E-state index contributed by atoms with van der Waals surface area (Å²) >= 11 is 0. The van der Waals surface area contributed by atoms with Crippen LogP contribution in [0.4, 0.5) is 5.69 Å². The Morgan fingerprint density at radius 2 is 2.14 bits per heavy atom. The van der Waals surface area contributed by atoms with Gasteiger partial charge in [0.15, 0.2) is 0 Å². The van der Waals surface area contributed by atoms with Crippen molar-refractivity contribution in [2.45, 2.75) is 32.7 Å². The minimum absolute atomic E-state index is 0.00552. The van der Waals surface area contributed by atoms with E-state index in [1.54, 1.807) is 4.90 Å². The van der Waals surface area contributed by atoms with Crippen molar-refractivity contribution in [2.75, 3.05) is 32.1 Å². The van der Waals surface area contributed by atoms with Crippen LogP contribution in [-0.2, 0) is 16.1 Å². The zero-order chi connectivity index (χ0) is 16.1. The molecule has 0 atom stereocenters. The molecule has 0 bridgehead atoms. The molecule has 1 heterocycles. The van der Waals surface area contributed by atoms with Crippen molar-refractivity contribution in [1.82, 2.24) is 10.2 Å². The number of benzene rings is 1. The first-order chi connectivity index (χ1) is 10.5. The standard InChI is InChI=1S/C17H25N3O2/c1-13-11-14(6-7-15(13)19(2)3)12-18-16(21)8-10-20-9-4-5-17(20)22/h6-7,11H,4-5,8-10,12H2,1-3H3,(H,18,21). The molecule has 5 nitrogen and oxygen atoms in total. The summed E-state index contributed by atoms with van der Waals surface area (Å²) in [7, 11) is 4.03. The number of anilines is 1. The van der Waals surface area contributed by atoms with E-state index < -0.39 is 0 Å². The molecule has 2 rings (SSSR count). The van der Waals surface area contributed by atoms with E-state index in [4.69, 9.17) is 0 Å². The Morgan fingerprint density at radius 1 is 1.36 bits per heavy atom. The van der Waals surface area contributed by atoms with Crippen molar-refractivity contribution in [2.24, 2.45) is 0 Å². The summed E-state index contributed by atoms with van der Waals surface area (Å²) < 4.78 is 0. The second kappa shape index (κ2) is 7.29. The van der Waals surface area contributed by atoms with Crippen molar-refractivity contribution >= 4 is 17.5 Å². The largest absolute Gasteiger partial charge is 0.377 e. The van der Waals surface area contributed by atoms with Gasteiger partial charge < -0.3 is 15.1 Å². The van der Waals surface area contributed by atoms with Crippen LogP contribution >= 0.6 is 0 Å². The van der Waals surface area contributed by atoms with Crippen LogP contribution in [-0.4, -0.2) is 43.9 Å². The summed E-state index contributed by atoms with van der Waals surface area (Å²) in [5.41, 5.74) is 3.47. The van der Waals surface area contributed by atoms with Crippen LogP contribution in [0.25, 0.3) is 0 Å². The van der Waals surface area contributed by atoms with Gasteiger partial charge in [0.25, 0.3) is 0 Å². The van der Waals surface area contributed by atoms with Gasteiger partial charge in [-0.05, 0) is 30.5 Å². The van der Waals surface area contributed by atoms with Gasteiger partial charge in [0.1, 0.15) is 0 Å². The number of hydrogen-bond donors (Lipinski definition) is 1. The van der Waals surface area contributed by atoms with Crippen LogP contribution in [0.1, 0.15) is 30.4 Å². The number of nitrogens with one attached hydrogen (secondary N) is 1. The number of rotatable bonds is 6. The molecule has 1 saturated heterocycles. The van der Waals surface area contributed by atoms with E-state index in [-0.39, 0.29) is 11.8 Å². The lowest BCUT2D eigenvalue weighted by atomic mass is 10.1. The molecule has 0 radical (unpaired) electrons. The van der Waals surface area contributed by atoms with Gasteiger partial charge in [-0.2, -0.15) is 0 Å². The Labute approximate surface area is 132 Å². The summed E-state index contributed by atoms with van der Waals surface area (Å²) in [6.07, 6.45) is 1.91. The molecule has 1 aromatic carbocycles. The van der Waals surface area contributed by atoms with Gasteiger partial charge in [-0.15, -0.1) is 0 Å². The summed E-state index contributed by atoms with van der Waals surface area (Å²) in [6, 6.07) is 6.20. The van der Waals surface area contributed by atoms with Gasteiger partial charge in [0, 0.05) is 52.3 Å². The molecular weight excluding hydrogens is 278 g/mol. The lowest BCUT2D eigenvalue weighted by molar-refractivity contribution is -0.128. The van der Waals surface area contributed by atoms with Gasteiger partial charge in [-0.3, -0.25) is 9.59 Å². The van der Waals surface area contributed by atoms with Crippen LogP contribution in [0, 0.1) is 6.92 Å². The molecule has 1 aromatic rings. The first-order valence-electron chi connectivity index (χ1n) is 7.78. The van der Waals surface area contributed by atoms with E-state index in [0.717, 1.165) is 18.5 Å². The molecule has 1 fully saturated rings. The maximum absolute atomic E-state index is 11.9. The molecule has 1 aliphatic heterocycles. The summed E-state index contributed by atoms with van der Waals surface area (Å²) in [6.45, 7) is 3.92. The average Bonchev–Trinajstić information content (AvgIpc) is 2.88. The lowest BCUT2D eigenvalue weighted by Gasteiger charge is -2.17. The predicted molar refractivity (Wildman–Crippen MR) is 87.8 cm³/mol.